The van der Waals surface area contributed by atoms with E-state index >= 15 is 0 Å². The van der Waals surface area contributed by atoms with E-state index in [4.69, 9.17) is 5.11 Å². The van der Waals surface area contributed by atoms with Crippen LogP contribution in [0.5, 0.6) is 0 Å². The first-order valence-electron chi connectivity index (χ1n) is 5.07. The molecule has 1 rings (SSSR count). The van der Waals surface area contributed by atoms with Crippen molar-refractivity contribution < 1.29 is 15.0 Å². The number of aliphatic carboxylic acids is 1. The Balaban J connectivity index is 2.35. The number of imidazole rings is 1. The van der Waals surface area contributed by atoms with Gasteiger partial charge in [0.1, 0.15) is 0 Å². The fraction of sp³-hybridized carbons (Fsp3) is 0.600. The van der Waals surface area contributed by atoms with Crippen LogP contribution in [0.4, 0.5) is 0 Å². The highest BCUT2D eigenvalue weighted by atomic mass is 16.4. The predicted octanol–water partition coefficient (Wildman–Crippen LogP) is -0.303. The minimum absolute atomic E-state index is 0.0121. The highest BCUT2D eigenvalue weighted by molar-refractivity contribution is 5.76. The first-order valence-corrected chi connectivity index (χ1v) is 5.07. The van der Waals surface area contributed by atoms with E-state index in [-0.39, 0.29) is 12.6 Å². The van der Waals surface area contributed by atoms with Crippen molar-refractivity contribution in [3.63, 3.8) is 0 Å². The molecule has 90 valence electrons. The van der Waals surface area contributed by atoms with E-state index in [1.165, 1.54) is 6.92 Å². The number of carboxylic acids is 1. The maximum atomic E-state index is 10.6. The zero-order valence-corrected chi connectivity index (χ0v) is 9.42. The zero-order chi connectivity index (χ0) is 12.2. The van der Waals surface area contributed by atoms with Crippen molar-refractivity contribution in [3.8, 4) is 0 Å². The molecule has 0 aliphatic carbocycles. The normalized spacial score (nSPS) is 16.7. The van der Waals surface area contributed by atoms with Gasteiger partial charge in [-0.25, -0.2) is 9.78 Å². The first kappa shape index (κ1) is 12.7. The Hall–Kier alpha value is -1.40. The second-order valence-electron chi connectivity index (χ2n) is 4.12. The van der Waals surface area contributed by atoms with Crippen LogP contribution in [-0.2, 0) is 11.3 Å². The lowest BCUT2D eigenvalue weighted by Crippen LogP contribution is -2.47. The smallest absolute Gasteiger partial charge is 0.336 e. The molecule has 3 N–H and O–H groups in total. The Morgan fingerprint density at radius 2 is 2.38 bits per heavy atom. The molecule has 0 saturated carbocycles. The molecule has 1 aromatic heterocycles. The molecule has 0 spiro atoms. The highest BCUT2D eigenvalue weighted by Crippen LogP contribution is 2.02. The van der Waals surface area contributed by atoms with E-state index in [1.54, 1.807) is 12.5 Å². The van der Waals surface area contributed by atoms with Crippen LogP contribution in [0.15, 0.2) is 18.7 Å². The third kappa shape index (κ3) is 3.63. The van der Waals surface area contributed by atoms with Gasteiger partial charge < -0.3 is 20.1 Å². The van der Waals surface area contributed by atoms with Gasteiger partial charge in [-0.2, -0.15) is 0 Å². The van der Waals surface area contributed by atoms with Gasteiger partial charge in [-0.15, -0.1) is 0 Å². The number of carboxylic acid groups (broad SMARTS) is 1. The summed E-state index contributed by atoms with van der Waals surface area (Å²) >= 11 is 0. The largest absolute Gasteiger partial charge is 0.479 e. The number of aliphatic hydroxyl groups is 1. The minimum Gasteiger partial charge on any atom is -0.479 e. The zero-order valence-electron chi connectivity index (χ0n) is 9.42. The maximum Gasteiger partial charge on any atom is 0.336 e. The predicted molar refractivity (Wildman–Crippen MR) is 58.0 cm³/mol. The van der Waals surface area contributed by atoms with E-state index in [0.717, 1.165) is 0 Å². The van der Waals surface area contributed by atoms with Gasteiger partial charge in [-0.1, -0.05) is 0 Å². The summed E-state index contributed by atoms with van der Waals surface area (Å²) in [7, 11) is 0. The van der Waals surface area contributed by atoms with Crippen LogP contribution in [-0.4, -0.2) is 43.9 Å². The Kier molecular flexibility index (Phi) is 4.03. The number of hydrogen-bond acceptors (Lipinski definition) is 4. The number of aromatic nitrogens is 2. The lowest BCUT2D eigenvalue weighted by molar-refractivity contribution is -0.156. The summed E-state index contributed by atoms with van der Waals surface area (Å²) in [6.45, 7) is 3.87. The van der Waals surface area contributed by atoms with Crippen molar-refractivity contribution in [3.05, 3.63) is 18.7 Å². The highest BCUT2D eigenvalue weighted by Gasteiger charge is 2.29. The molecule has 0 aliphatic rings. The number of hydrogen-bond donors (Lipinski definition) is 3. The third-order valence-electron chi connectivity index (χ3n) is 2.30. The number of nitrogens with zero attached hydrogens (tertiary/aromatic N) is 2. The quantitative estimate of drug-likeness (QED) is 0.621. The molecular weight excluding hydrogens is 210 g/mol. The molecule has 0 radical (unpaired) electrons. The van der Waals surface area contributed by atoms with E-state index in [2.05, 4.69) is 10.3 Å². The van der Waals surface area contributed by atoms with Gasteiger partial charge in [-0.3, -0.25) is 0 Å². The van der Waals surface area contributed by atoms with Gasteiger partial charge >= 0.3 is 5.97 Å². The molecule has 0 aliphatic heterocycles. The van der Waals surface area contributed by atoms with Gasteiger partial charge in [0.25, 0.3) is 0 Å². The molecule has 16 heavy (non-hydrogen) atoms. The summed E-state index contributed by atoms with van der Waals surface area (Å²) < 4.78 is 1.88. The molecule has 2 atom stereocenters. The van der Waals surface area contributed by atoms with Crippen molar-refractivity contribution in [1.29, 1.82) is 0 Å². The Morgan fingerprint density at radius 3 is 2.88 bits per heavy atom. The van der Waals surface area contributed by atoms with Crippen LogP contribution >= 0.6 is 0 Å². The van der Waals surface area contributed by atoms with E-state index in [9.17, 15) is 9.90 Å². The number of nitrogens with one attached hydrogen (secondary N) is 1. The summed E-state index contributed by atoms with van der Waals surface area (Å²) in [5.41, 5.74) is -1.73. The monoisotopic (exact) mass is 227 g/mol. The summed E-state index contributed by atoms with van der Waals surface area (Å²) in [4.78, 5) is 14.5. The number of carbonyl (C=O) groups is 1. The van der Waals surface area contributed by atoms with Gasteiger partial charge in [0.05, 0.1) is 6.33 Å². The summed E-state index contributed by atoms with van der Waals surface area (Å²) in [6.07, 6.45) is 5.20. The fourth-order valence-corrected chi connectivity index (χ4v) is 1.22. The molecule has 0 fully saturated rings. The molecule has 0 saturated heterocycles. The van der Waals surface area contributed by atoms with Crippen LogP contribution in [0.1, 0.15) is 13.8 Å². The van der Waals surface area contributed by atoms with E-state index in [0.29, 0.717) is 6.54 Å². The van der Waals surface area contributed by atoms with Gasteiger partial charge in [0.15, 0.2) is 5.60 Å². The lowest BCUT2D eigenvalue weighted by Gasteiger charge is -2.22. The molecular formula is C10H17N3O3. The molecule has 1 heterocycles. The second kappa shape index (κ2) is 5.09. The number of rotatable bonds is 6. The SMILES string of the molecule is CC(Cn1ccnc1)NCC(C)(O)C(=O)O. The first-order chi connectivity index (χ1) is 7.42. The summed E-state index contributed by atoms with van der Waals surface area (Å²) in [6, 6.07) is 0.0556. The van der Waals surface area contributed by atoms with Crippen LogP contribution in [0.25, 0.3) is 0 Å². The molecule has 0 bridgehead atoms. The molecule has 6 nitrogen and oxygen atoms in total. The maximum absolute atomic E-state index is 10.6. The molecule has 1 aromatic rings. The Morgan fingerprint density at radius 1 is 1.69 bits per heavy atom. The molecule has 2 unspecified atom stereocenters. The van der Waals surface area contributed by atoms with Gasteiger partial charge in [0.2, 0.25) is 0 Å². The second-order valence-corrected chi connectivity index (χ2v) is 4.12. The molecule has 0 aromatic carbocycles. The van der Waals surface area contributed by atoms with Crippen LogP contribution in [0, 0.1) is 0 Å². The fourth-order valence-electron chi connectivity index (χ4n) is 1.22. The van der Waals surface area contributed by atoms with Crippen molar-refractivity contribution >= 4 is 5.97 Å². The Bertz CT molecular complexity index is 335. The third-order valence-corrected chi connectivity index (χ3v) is 2.30. The van der Waals surface area contributed by atoms with Crippen molar-refractivity contribution in [1.82, 2.24) is 14.9 Å². The van der Waals surface area contributed by atoms with E-state index in [1.807, 2.05) is 17.7 Å². The van der Waals surface area contributed by atoms with Crippen molar-refractivity contribution in [2.45, 2.75) is 32.0 Å². The van der Waals surface area contributed by atoms with Crippen LogP contribution < -0.4 is 5.32 Å². The molecule has 6 heteroatoms. The topological polar surface area (TPSA) is 87.4 Å². The van der Waals surface area contributed by atoms with E-state index < -0.39 is 11.6 Å². The minimum atomic E-state index is -1.73. The average molecular weight is 227 g/mol. The van der Waals surface area contributed by atoms with Crippen LogP contribution in [0.3, 0.4) is 0 Å². The van der Waals surface area contributed by atoms with Gasteiger partial charge in [0, 0.05) is 31.5 Å². The average Bonchev–Trinajstić information content (AvgIpc) is 2.67. The molecule has 0 amide bonds. The van der Waals surface area contributed by atoms with Crippen LogP contribution in [0.2, 0.25) is 0 Å². The summed E-state index contributed by atoms with van der Waals surface area (Å²) in [5.74, 6) is -1.23. The Labute approximate surface area is 93.9 Å². The lowest BCUT2D eigenvalue weighted by atomic mass is 10.1. The summed E-state index contributed by atoms with van der Waals surface area (Å²) in [5, 5.41) is 21.2. The standard InChI is InChI=1S/C10H17N3O3/c1-8(5-13-4-3-11-7-13)12-6-10(2,16)9(14)15/h3-4,7-8,12,16H,5-6H2,1-2H3,(H,14,15). The van der Waals surface area contributed by atoms with Gasteiger partial charge in [-0.05, 0) is 13.8 Å². The van der Waals surface area contributed by atoms with Crippen molar-refractivity contribution in [2.24, 2.45) is 0 Å². The van der Waals surface area contributed by atoms with Crippen molar-refractivity contribution in [2.75, 3.05) is 6.54 Å².